The predicted octanol–water partition coefficient (Wildman–Crippen LogP) is 6.20. The Morgan fingerprint density at radius 1 is 0.667 bits per heavy atom. The van der Waals surface area contributed by atoms with Crippen molar-refractivity contribution in [2.75, 3.05) is 6.16 Å². The molecule has 0 aliphatic heterocycles. The van der Waals surface area contributed by atoms with Crippen molar-refractivity contribution in [3.63, 3.8) is 0 Å². The molecule has 0 rings (SSSR count). The van der Waals surface area contributed by atoms with Crippen LogP contribution in [0.5, 0.6) is 0 Å². The first-order chi connectivity index (χ1) is 8.68. The molecule has 110 valence electrons. The van der Waals surface area contributed by atoms with Gasteiger partial charge in [-0.05, 0) is 37.0 Å². The lowest BCUT2D eigenvalue weighted by molar-refractivity contribution is 0.420. The van der Waals surface area contributed by atoms with Gasteiger partial charge in [-0.15, -0.1) is 18.5 Å². The van der Waals surface area contributed by atoms with Gasteiger partial charge >= 0.3 is 0 Å². The van der Waals surface area contributed by atoms with Crippen LogP contribution in [0.2, 0.25) is 0 Å². The second-order valence-corrected chi connectivity index (χ2v) is 7.68. The lowest BCUT2D eigenvalue weighted by Crippen LogP contribution is -2.21. The van der Waals surface area contributed by atoms with E-state index in [9.17, 15) is 0 Å². The first-order valence-electron chi connectivity index (χ1n) is 8.17. The van der Waals surface area contributed by atoms with E-state index in [0.29, 0.717) is 5.16 Å². The summed E-state index contributed by atoms with van der Waals surface area (Å²) in [6.07, 6.45) is 18.2. The number of hydrogen-bond donors (Lipinski definition) is 0. The Hall–Kier alpha value is 0.860. The Balaban J connectivity index is 3.90. The zero-order valence-electron chi connectivity index (χ0n) is 12.8. The zero-order chi connectivity index (χ0) is 13.7. The second kappa shape index (κ2) is 12.9. The third kappa shape index (κ3) is 10.8. The maximum Gasteiger partial charge on any atom is -0.0150 e. The van der Waals surface area contributed by atoms with Crippen molar-refractivity contribution in [1.29, 1.82) is 0 Å². The van der Waals surface area contributed by atoms with Gasteiger partial charge < -0.3 is 0 Å². The number of hydrogen-bond acceptors (Lipinski definition) is 0. The molecule has 0 aromatic carbocycles. The molecular formula is C16H36P2. The van der Waals surface area contributed by atoms with Crippen LogP contribution in [0.3, 0.4) is 0 Å². The average Bonchev–Trinajstić information content (AvgIpc) is 2.38. The minimum absolute atomic E-state index is 0.554. The molecule has 0 aliphatic rings. The van der Waals surface area contributed by atoms with E-state index in [4.69, 9.17) is 0 Å². The molecule has 2 heteroatoms. The lowest BCUT2D eigenvalue weighted by atomic mass is 9.89. The molecular weight excluding hydrogens is 254 g/mol. The summed E-state index contributed by atoms with van der Waals surface area (Å²) in [6.45, 7) is 4.60. The maximum atomic E-state index is 3.23. The highest BCUT2D eigenvalue weighted by atomic mass is 31.0. The fourth-order valence-electron chi connectivity index (χ4n) is 2.64. The fourth-order valence-corrected chi connectivity index (χ4v) is 3.45. The van der Waals surface area contributed by atoms with Gasteiger partial charge in [0.1, 0.15) is 0 Å². The zero-order valence-corrected chi connectivity index (χ0v) is 15.2. The van der Waals surface area contributed by atoms with Crippen molar-refractivity contribution in [3.05, 3.63) is 0 Å². The molecule has 18 heavy (non-hydrogen) atoms. The molecule has 0 aromatic rings. The molecule has 0 amide bonds. The van der Waals surface area contributed by atoms with Crippen LogP contribution >= 0.6 is 18.5 Å². The Morgan fingerprint density at radius 2 is 1.11 bits per heavy atom. The summed E-state index contributed by atoms with van der Waals surface area (Å²) >= 11 is 0. The van der Waals surface area contributed by atoms with Crippen LogP contribution in [0.15, 0.2) is 0 Å². The standard InChI is InChI=1S/C16H36P2/c1-3-5-7-9-12-16(18,14-11-15-17)13-10-8-6-4-2/h3-15,17-18H2,1-2H3. The van der Waals surface area contributed by atoms with E-state index in [0.717, 1.165) is 0 Å². The van der Waals surface area contributed by atoms with Crippen molar-refractivity contribution in [2.45, 2.75) is 96.1 Å². The molecule has 0 spiro atoms. The molecule has 0 radical (unpaired) electrons. The van der Waals surface area contributed by atoms with Gasteiger partial charge in [0.15, 0.2) is 0 Å². The largest absolute Gasteiger partial charge is 0.138 e. The molecule has 0 aliphatic carbocycles. The fraction of sp³-hybridized carbons (Fsp3) is 1.00. The Labute approximate surface area is 121 Å². The monoisotopic (exact) mass is 290 g/mol. The van der Waals surface area contributed by atoms with Gasteiger partial charge in [0.05, 0.1) is 0 Å². The van der Waals surface area contributed by atoms with Gasteiger partial charge in [-0.2, -0.15) is 0 Å². The summed E-state index contributed by atoms with van der Waals surface area (Å²) < 4.78 is 0. The van der Waals surface area contributed by atoms with Gasteiger partial charge in [-0.1, -0.05) is 65.2 Å². The average molecular weight is 290 g/mol. The van der Waals surface area contributed by atoms with Crippen LogP contribution in [0.4, 0.5) is 0 Å². The topological polar surface area (TPSA) is 0 Å². The molecule has 0 heterocycles. The van der Waals surface area contributed by atoms with Crippen LogP contribution in [0.25, 0.3) is 0 Å². The third-order valence-electron chi connectivity index (χ3n) is 3.94. The number of unbranched alkanes of at least 4 members (excludes halogenated alkanes) is 6. The van der Waals surface area contributed by atoms with Crippen molar-refractivity contribution in [1.82, 2.24) is 0 Å². The maximum absolute atomic E-state index is 3.23. The van der Waals surface area contributed by atoms with Crippen molar-refractivity contribution < 1.29 is 0 Å². The van der Waals surface area contributed by atoms with E-state index >= 15 is 0 Å². The van der Waals surface area contributed by atoms with Gasteiger partial charge in [0, 0.05) is 0 Å². The normalized spacial score (nSPS) is 12.0. The summed E-state index contributed by atoms with van der Waals surface area (Å²) in [6, 6.07) is 0. The van der Waals surface area contributed by atoms with E-state index in [1.165, 1.54) is 83.2 Å². The SMILES string of the molecule is CCCCCCC(P)(CCCP)CCCCCC. The lowest BCUT2D eigenvalue weighted by Gasteiger charge is -2.30. The highest BCUT2D eigenvalue weighted by Crippen LogP contribution is 2.36. The van der Waals surface area contributed by atoms with Gasteiger partial charge in [-0.25, -0.2) is 0 Å². The van der Waals surface area contributed by atoms with E-state index < -0.39 is 0 Å². The molecule has 0 N–H and O–H groups in total. The van der Waals surface area contributed by atoms with Crippen LogP contribution < -0.4 is 0 Å². The molecule has 2 unspecified atom stereocenters. The summed E-state index contributed by atoms with van der Waals surface area (Å²) in [5.41, 5.74) is 0. The summed E-state index contributed by atoms with van der Waals surface area (Å²) in [4.78, 5) is 0. The Morgan fingerprint density at radius 3 is 1.50 bits per heavy atom. The van der Waals surface area contributed by atoms with Gasteiger partial charge in [0.25, 0.3) is 0 Å². The van der Waals surface area contributed by atoms with E-state index in [-0.39, 0.29) is 0 Å². The molecule has 0 saturated heterocycles. The Bertz CT molecular complexity index is 156. The van der Waals surface area contributed by atoms with Crippen LogP contribution in [0.1, 0.15) is 90.9 Å². The third-order valence-corrected chi connectivity index (χ3v) is 5.21. The van der Waals surface area contributed by atoms with Gasteiger partial charge in [0.2, 0.25) is 0 Å². The van der Waals surface area contributed by atoms with Crippen molar-refractivity contribution >= 4 is 18.5 Å². The molecule has 0 fully saturated rings. The molecule has 0 nitrogen and oxygen atoms in total. The minimum Gasteiger partial charge on any atom is -0.138 e. The van der Waals surface area contributed by atoms with Crippen LogP contribution in [-0.2, 0) is 0 Å². The molecule has 0 saturated carbocycles. The van der Waals surface area contributed by atoms with Crippen LogP contribution in [-0.4, -0.2) is 11.3 Å². The first kappa shape index (κ1) is 18.9. The smallest absolute Gasteiger partial charge is 0.0150 e. The van der Waals surface area contributed by atoms with E-state index in [2.05, 4.69) is 32.3 Å². The molecule has 0 aromatic heterocycles. The van der Waals surface area contributed by atoms with Crippen LogP contribution in [0, 0.1) is 0 Å². The van der Waals surface area contributed by atoms with Crippen molar-refractivity contribution in [3.8, 4) is 0 Å². The minimum atomic E-state index is 0.554. The summed E-state index contributed by atoms with van der Waals surface area (Å²) in [7, 11) is 6.11. The second-order valence-electron chi connectivity index (χ2n) is 5.88. The summed E-state index contributed by atoms with van der Waals surface area (Å²) in [5, 5.41) is 0.554. The van der Waals surface area contributed by atoms with E-state index in [1.54, 1.807) is 0 Å². The van der Waals surface area contributed by atoms with Crippen molar-refractivity contribution in [2.24, 2.45) is 0 Å². The first-order valence-corrected chi connectivity index (χ1v) is 9.57. The number of rotatable bonds is 13. The highest BCUT2D eigenvalue weighted by molar-refractivity contribution is 7.19. The highest BCUT2D eigenvalue weighted by Gasteiger charge is 2.22. The van der Waals surface area contributed by atoms with Gasteiger partial charge in [-0.3, -0.25) is 0 Å². The molecule has 2 atom stereocenters. The Kier molecular flexibility index (Phi) is 13.5. The summed E-state index contributed by atoms with van der Waals surface area (Å²) in [5.74, 6) is 0. The van der Waals surface area contributed by atoms with E-state index in [1.807, 2.05) is 0 Å². The molecule has 0 bridgehead atoms. The predicted molar refractivity (Wildman–Crippen MR) is 93.8 cm³/mol. The quantitative estimate of drug-likeness (QED) is 0.280.